The molecule has 0 aliphatic heterocycles. The van der Waals surface area contributed by atoms with E-state index < -0.39 is 0 Å². The lowest BCUT2D eigenvalue weighted by Crippen LogP contribution is -2.22. The second kappa shape index (κ2) is 8.62. The molecule has 2 heterocycles. The van der Waals surface area contributed by atoms with Crippen LogP contribution in [0.2, 0.25) is 0 Å². The number of amides is 1. The number of benzene rings is 1. The number of hydrogen-bond donors (Lipinski definition) is 1. The molecule has 1 N–H and O–H groups in total. The van der Waals surface area contributed by atoms with Crippen molar-refractivity contribution in [3.05, 3.63) is 83.9 Å². The standard InChI is InChI=1S/C20H19N3O3/c1-25-19-11-16(12-23-20(24)17-3-2-8-22-13-17)4-5-18(19)26-14-15-6-9-21-10-7-15/h2-11,13H,12,14H2,1H3,(H,23,24). The maximum Gasteiger partial charge on any atom is 0.253 e. The maximum atomic E-state index is 12.1. The molecule has 26 heavy (non-hydrogen) atoms. The highest BCUT2D eigenvalue weighted by molar-refractivity contribution is 5.93. The van der Waals surface area contributed by atoms with E-state index in [0.29, 0.717) is 30.2 Å². The van der Waals surface area contributed by atoms with Crippen molar-refractivity contribution in [2.75, 3.05) is 7.11 Å². The first-order chi connectivity index (χ1) is 12.8. The summed E-state index contributed by atoms with van der Waals surface area (Å²) in [7, 11) is 1.59. The van der Waals surface area contributed by atoms with Crippen molar-refractivity contribution in [3.8, 4) is 11.5 Å². The minimum Gasteiger partial charge on any atom is -0.493 e. The molecule has 3 aromatic rings. The zero-order chi connectivity index (χ0) is 18.2. The van der Waals surface area contributed by atoms with Crippen molar-refractivity contribution in [2.45, 2.75) is 13.2 Å². The van der Waals surface area contributed by atoms with Crippen molar-refractivity contribution in [1.29, 1.82) is 0 Å². The molecule has 132 valence electrons. The SMILES string of the molecule is COc1cc(CNC(=O)c2cccnc2)ccc1OCc1ccncc1. The zero-order valence-electron chi connectivity index (χ0n) is 14.4. The van der Waals surface area contributed by atoms with Crippen LogP contribution in [0.15, 0.2) is 67.3 Å². The Morgan fingerprint density at radius 3 is 2.58 bits per heavy atom. The summed E-state index contributed by atoms with van der Waals surface area (Å²) in [6, 6.07) is 12.8. The van der Waals surface area contributed by atoms with E-state index in [1.807, 2.05) is 30.3 Å². The van der Waals surface area contributed by atoms with Crippen LogP contribution in [0.4, 0.5) is 0 Å². The van der Waals surface area contributed by atoms with Crippen LogP contribution in [0.3, 0.4) is 0 Å². The van der Waals surface area contributed by atoms with Gasteiger partial charge in [-0.2, -0.15) is 0 Å². The van der Waals surface area contributed by atoms with E-state index in [1.165, 1.54) is 6.20 Å². The molecule has 0 atom stereocenters. The number of carbonyl (C=O) groups is 1. The van der Waals surface area contributed by atoms with Crippen LogP contribution in [0.5, 0.6) is 11.5 Å². The lowest BCUT2D eigenvalue weighted by atomic mass is 10.2. The van der Waals surface area contributed by atoms with Crippen LogP contribution >= 0.6 is 0 Å². The highest BCUT2D eigenvalue weighted by Crippen LogP contribution is 2.28. The fraction of sp³-hybridized carbons (Fsp3) is 0.150. The Balaban J connectivity index is 1.62. The Bertz CT molecular complexity index is 855. The highest BCUT2D eigenvalue weighted by Gasteiger charge is 2.09. The molecule has 0 unspecified atom stereocenters. The van der Waals surface area contributed by atoms with Crippen LogP contribution in [-0.2, 0) is 13.2 Å². The van der Waals surface area contributed by atoms with Gasteiger partial charge in [0.25, 0.3) is 5.91 Å². The van der Waals surface area contributed by atoms with Crippen molar-refractivity contribution < 1.29 is 14.3 Å². The molecule has 0 bridgehead atoms. The van der Waals surface area contributed by atoms with Gasteiger partial charge in [-0.1, -0.05) is 6.07 Å². The molecule has 6 heteroatoms. The van der Waals surface area contributed by atoms with Gasteiger partial charge >= 0.3 is 0 Å². The molecule has 0 aliphatic carbocycles. The van der Waals surface area contributed by atoms with Crippen molar-refractivity contribution in [3.63, 3.8) is 0 Å². The largest absolute Gasteiger partial charge is 0.493 e. The second-order valence-corrected chi connectivity index (χ2v) is 5.55. The van der Waals surface area contributed by atoms with E-state index >= 15 is 0 Å². The summed E-state index contributed by atoms with van der Waals surface area (Å²) in [5.41, 5.74) is 2.46. The van der Waals surface area contributed by atoms with Crippen molar-refractivity contribution >= 4 is 5.91 Å². The van der Waals surface area contributed by atoms with Gasteiger partial charge in [0, 0.05) is 31.3 Å². The van der Waals surface area contributed by atoms with E-state index in [-0.39, 0.29) is 5.91 Å². The molecule has 0 saturated carbocycles. The van der Waals surface area contributed by atoms with Gasteiger partial charge in [0.15, 0.2) is 11.5 Å². The predicted octanol–water partition coefficient (Wildman–Crippen LogP) is 2.99. The van der Waals surface area contributed by atoms with E-state index in [2.05, 4.69) is 15.3 Å². The molecule has 0 fully saturated rings. The molecule has 3 rings (SSSR count). The molecule has 1 amide bonds. The minimum absolute atomic E-state index is 0.171. The molecule has 1 aromatic carbocycles. The highest BCUT2D eigenvalue weighted by atomic mass is 16.5. The van der Waals surface area contributed by atoms with Gasteiger partial charge in [-0.15, -0.1) is 0 Å². The zero-order valence-corrected chi connectivity index (χ0v) is 14.4. The molecule has 6 nitrogen and oxygen atoms in total. The third-order valence-electron chi connectivity index (χ3n) is 3.75. The molecule has 0 spiro atoms. The topological polar surface area (TPSA) is 73.3 Å². The number of carbonyl (C=O) groups excluding carboxylic acids is 1. The number of methoxy groups -OCH3 is 1. The van der Waals surface area contributed by atoms with Gasteiger partial charge in [0.2, 0.25) is 0 Å². The summed E-state index contributed by atoms with van der Waals surface area (Å²) in [5.74, 6) is 1.09. The van der Waals surface area contributed by atoms with Gasteiger partial charge in [-0.3, -0.25) is 14.8 Å². The molecule has 0 saturated heterocycles. The maximum absolute atomic E-state index is 12.1. The Kier molecular flexibility index (Phi) is 5.77. The number of ether oxygens (including phenoxy) is 2. The van der Waals surface area contributed by atoms with Crippen molar-refractivity contribution in [1.82, 2.24) is 15.3 Å². The normalized spacial score (nSPS) is 10.2. The van der Waals surface area contributed by atoms with Gasteiger partial charge in [0.1, 0.15) is 6.61 Å². The molecule has 0 aliphatic rings. The van der Waals surface area contributed by atoms with E-state index in [1.54, 1.807) is 37.8 Å². The predicted molar refractivity (Wildman–Crippen MR) is 97.0 cm³/mol. The summed E-state index contributed by atoms with van der Waals surface area (Å²) >= 11 is 0. The smallest absolute Gasteiger partial charge is 0.253 e. The van der Waals surface area contributed by atoms with Gasteiger partial charge in [-0.25, -0.2) is 0 Å². The first-order valence-corrected chi connectivity index (χ1v) is 8.13. The van der Waals surface area contributed by atoms with Gasteiger partial charge in [0.05, 0.1) is 12.7 Å². The first-order valence-electron chi connectivity index (χ1n) is 8.13. The number of pyridine rings is 2. The Labute approximate surface area is 151 Å². The molecular weight excluding hydrogens is 330 g/mol. The number of nitrogens with one attached hydrogen (secondary N) is 1. The molecule has 0 radical (unpaired) electrons. The monoisotopic (exact) mass is 349 g/mol. The molecular formula is C20H19N3O3. The van der Waals surface area contributed by atoms with E-state index in [9.17, 15) is 4.79 Å². The summed E-state index contributed by atoms with van der Waals surface area (Å²) in [5, 5.41) is 2.86. The van der Waals surface area contributed by atoms with E-state index in [4.69, 9.17) is 9.47 Å². The lowest BCUT2D eigenvalue weighted by Gasteiger charge is -2.13. The fourth-order valence-electron chi connectivity index (χ4n) is 2.36. The van der Waals surface area contributed by atoms with E-state index in [0.717, 1.165) is 11.1 Å². The average Bonchev–Trinajstić information content (AvgIpc) is 2.72. The number of rotatable bonds is 7. The lowest BCUT2D eigenvalue weighted by molar-refractivity contribution is 0.0950. The Hall–Kier alpha value is -3.41. The Morgan fingerprint density at radius 1 is 1.00 bits per heavy atom. The minimum atomic E-state index is -0.171. The van der Waals surface area contributed by atoms with Crippen LogP contribution in [0.25, 0.3) is 0 Å². The third kappa shape index (κ3) is 4.57. The van der Waals surface area contributed by atoms with Crippen LogP contribution < -0.4 is 14.8 Å². The number of hydrogen-bond acceptors (Lipinski definition) is 5. The van der Waals surface area contributed by atoms with Gasteiger partial charge in [-0.05, 0) is 47.5 Å². The third-order valence-corrected chi connectivity index (χ3v) is 3.75. The van der Waals surface area contributed by atoms with Gasteiger partial charge < -0.3 is 14.8 Å². The summed E-state index contributed by atoms with van der Waals surface area (Å²) in [6.45, 7) is 0.810. The summed E-state index contributed by atoms with van der Waals surface area (Å²) in [4.78, 5) is 20.0. The van der Waals surface area contributed by atoms with Crippen molar-refractivity contribution in [2.24, 2.45) is 0 Å². The number of aromatic nitrogens is 2. The average molecular weight is 349 g/mol. The summed E-state index contributed by atoms with van der Waals surface area (Å²) in [6.07, 6.45) is 6.62. The summed E-state index contributed by atoms with van der Waals surface area (Å²) < 4.78 is 11.2. The Morgan fingerprint density at radius 2 is 1.85 bits per heavy atom. The number of nitrogens with zero attached hydrogens (tertiary/aromatic N) is 2. The fourth-order valence-corrected chi connectivity index (χ4v) is 2.36. The first kappa shape index (κ1) is 17.4. The second-order valence-electron chi connectivity index (χ2n) is 5.55. The van der Waals surface area contributed by atoms with Crippen LogP contribution in [0.1, 0.15) is 21.5 Å². The molecule has 2 aromatic heterocycles. The van der Waals surface area contributed by atoms with Crippen LogP contribution in [0, 0.1) is 0 Å². The van der Waals surface area contributed by atoms with Crippen LogP contribution in [-0.4, -0.2) is 23.0 Å². The quantitative estimate of drug-likeness (QED) is 0.710.